The maximum Gasteiger partial charge on any atom is 0.231 e. The molecule has 90 valence electrons. The highest BCUT2D eigenvalue weighted by molar-refractivity contribution is 5.92. The molecule has 2 heteroatoms. The van der Waals surface area contributed by atoms with Gasteiger partial charge in [-0.05, 0) is 18.6 Å². The summed E-state index contributed by atoms with van der Waals surface area (Å²) >= 11 is 0. The molecule has 0 saturated heterocycles. The molecule has 0 aliphatic carbocycles. The number of benzene rings is 1. The third-order valence-electron chi connectivity index (χ3n) is 3.11. The first-order valence-electron chi connectivity index (χ1n) is 6.42. The van der Waals surface area contributed by atoms with E-state index >= 15 is 0 Å². The molecule has 0 amide bonds. The van der Waals surface area contributed by atoms with Gasteiger partial charge < -0.3 is 0 Å². The molecule has 0 aliphatic rings. The summed E-state index contributed by atoms with van der Waals surface area (Å²) in [6.07, 6.45) is 7.12. The topological polar surface area (TPSA) is 22.0 Å². The lowest BCUT2D eigenvalue weighted by molar-refractivity contribution is 0.0904. The average molecular weight is 229 g/mol. The number of aromatic nitrogens is 1. The van der Waals surface area contributed by atoms with Crippen LogP contribution in [0.2, 0.25) is 0 Å². The standard InChI is InChI=1S/C15H19NO/c1-2-3-4-5-10-15(17)16-12-11-13-8-6-7-9-14(13)16/h6-9,11-12H,2-5,10H2,1H3. The fraction of sp³-hybridized carbons (Fsp3) is 0.400. The number of nitrogens with zero attached hydrogens (tertiary/aromatic N) is 1. The third-order valence-corrected chi connectivity index (χ3v) is 3.11. The van der Waals surface area contributed by atoms with Gasteiger partial charge in [-0.1, -0.05) is 44.4 Å². The Kier molecular flexibility index (Phi) is 3.97. The second kappa shape index (κ2) is 5.67. The molecule has 0 fully saturated rings. The second-order valence-electron chi connectivity index (χ2n) is 4.45. The van der Waals surface area contributed by atoms with Gasteiger partial charge in [-0.2, -0.15) is 0 Å². The van der Waals surface area contributed by atoms with E-state index in [9.17, 15) is 4.79 Å². The predicted octanol–water partition coefficient (Wildman–Crippen LogP) is 4.25. The molecular weight excluding hydrogens is 210 g/mol. The maximum atomic E-state index is 12.0. The smallest absolute Gasteiger partial charge is 0.231 e. The minimum Gasteiger partial charge on any atom is -0.287 e. The van der Waals surface area contributed by atoms with Crippen LogP contribution in [0.1, 0.15) is 43.8 Å². The van der Waals surface area contributed by atoms with E-state index in [1.165, 1.54) is 12.8 Å². The zero-order chi connectivity index (χ0) is 12.1. The molecular formula is C15H19NO. The first kappa shape index (κ1) is 11.9. The predicted molar refractivity (Wildman–Crippen MR) is 71.3 cm³/mol. The number of rotatable bonds is 5. The van der Waals surface area contributed by atoms with Crippen molar-refractivity contribution in [2.45, 2.75) is 39.0 Å². The highest BCUT2D eigenvalue weighted by atomic mass is 16.2. The molecule has 0 saturated carbocycles. The van der Waals surface area contributed by atoms with Crippen LogP contribution >= 0.6 is 0 Å². The minimum atomic E-state index is 0.210. The lowest BCUT2D eigenvalue weighted by Crippen LogP contribution is -2.08. The van der Waals surface area contributed by atoms with Gasteiger partial charge in [-0.15, -0.1) is 0 Å². The Morgan fingerprint density at radius 1 is 1.12 bits per heavy atom. The summed E-state index contributed by atoms with van der Waals surface area (Å²) in [5, 5.41) is 1.13. The van der Waals surface area contributed by atoms with E-state index in [4.69, 9.17) is 0 Å². The molecule has 2 rings (SSSR count). The van der Waals surface area contributed by atoms with Gasteiger partial charge in [-0.25, -0.2) is 0 Å². The number of carbonyl (C=O) groups is 1. The van der Waals surface area contributed by atoms with Crippen LogP contribution in [-0.2, 0) is 0 Å². The van der Waals surface area contributed by atoms with Crippen molar-refractivity contribution in [3.8, 4) is 0 Å². The van der Waals surface area contributed by atoms with Gasteiger partial charge in [0.2, 0.25) is 5.91 Å². The molecule has 1 aromatic heterocycles. The first-order chi connectivity index (χ1) is 8.33. The third kappa shape index (κ3) is 2.76. The maximum absolute atomic E-state index is 12.0. The van der Waals surface area contributed by atoms with E-state index in [1.807, 2.05) is 36.5 Å². The van der Waals surface area contributed by atoms with Crippen molar-refractivity contribution in [2.24, 2.45) is 0 Å². The summed E-state index contributed by atoms with van der Waals surface area (Å²) in [6, 6.07) is 10.0. The number of fused-ring (bicyclic) bond motifs is 1. The molecule has 1 aromatic carbocycles. The quantitative estimate of drug-likeness (QED) is 0.702. The number of para-hydroxylation sites is 1. The van der Waals surface area contributed by atoms with E-state index < -0.39 is 0 Å². The molecule has 0 atom stereocenters. The van der Waals surface area contributed by atoms with Crippen LogP contribution in [-0.4, -0.2) is 10.5 Å². The molecule has 2 aromatic rings. The molecule has 0 N–H and O–H groups in total. The Bertz CT molecular complexity index is 498. The Morgan fingerprint density at radius 2 is 1.94 bits per heavy atom. The molecule has 0 bridgehead atoms. The second-order valence-corrected chi connectivity index (χ2v) is 4.45. The van der Waals surface area contributed by atoms with E-state index in [0.717, 1.165) is 23.7 Å². The van der Waals surface area contributed by atoms with Crippen LogP contribution in [0.5, 0.6) is 0 Å². The number of carbonyl (C=O) groups excluding carboxylic acids is 1. The van der Waals surface area contributed by atoms with E-state index in [2.05, 4.69) is 6.92 Å². The summed E-state index contributed by atoms with van der Waals surface area (Å²) < 4.78 is 1.78. The van der Waals surface area contributed by atoms with E-state index in [0.29, 0.717) is 6.42 Å². The van der Waals surface area contributed by atoms with Crippen molar-refractivity contribution in [3.63, 3.8) is 0 Å². The van der Waals surface area contributed by atoms with E-state index in [-0.39, 0.29) is 5.91 Å². The number of hydrogen-bond donors (Lipinski definition) is 0. The Labute approximate surface area is 102 Å². The first-order valence-corrected chi connectivity index (χ1v) is 6.42. The molecule has 0 aliphatic heterocycles. The van der Waals surface area contributed by atoms with Gasteiger partial charge in [0.25, 0.3) is 0 Å². The monoisotopic (exact) mass is 229 g/mol. The summed E-state index contributed by atoms with van der Waals surface area (Å²) in [6.45, 7) is 2.18. The summed E-state index contributed by atoms with van der Waals surface area (Å²) in [5.41, 5.74) is 1.02. The van der Waals surface area contributed by atoms with Crippen LogP contribution in [0.3, 0.4) is 0 Å². The van der Waals surface area contributed by atoms with Gasteiger partial charge in [0.15, 0.2) is 0 Å². The van der Waals surface area contributed by atoms with Crippen LogP contribution in [0.25, 0.3) is 10.9 Å². The molecule has 0 unspecified atom stereocenters. The molecule has 2 nitrogen and oxygen atoms in total. The normalized spacial score (nSPS) is 10.9. The Balaban J connectivity index is 2.04. The van der Waals surface area contributed by atoms with Crippen molar-refractivity contribution < 1.29 is 4.79 Å². The van der Waals surface area contributed by atoms with Gasteiger partial charge in [0.1, 0.15) is 0 Å². The van der Waals surface area contributed by atoms with Gasteiger partial charge >= 0.3 is 0 Å². The SMILES string of the molecule is CCCCCCC(=O)n1ccc2ccccc21. The van der Waals surface area contributed by atoms with Crippen molar-refractivity contribution in [1.82, 2.24) is 4.57 Å². The van der Waals surface area contributed by atoms with Gasteiger partial charge in [-0.3, -0.25) is 9.36 Å². The highest BCUT2D eigenvalue weighted by Gasteiger charge is 2.07. The fourth-order valence-corrected chi connectivity index (χ4v) is 2.12. The fourth-order valence-electron chi connectivity index (χ4n) is 2.12. The zero-order valence-corrected chi connectivity index (χ0v) is 10.4. The largest absolute Gasteiger partial charge is 0.287 e. The van der Waals surface area contributed by atoms with Crippen molar-refractivity contribution in [3.05, 3.63) is 36.5 Å². The van der Waals surface area contributed by atoms with Gasteiger partial charge in [0, 0.05) is 18.0 Å². The van der Waals surface area contributed by atoms with Crippen molar-refractivity contribution in [1.29, 1.82) is 0 Å². The molecule has 0 radical (unpaired) electrons. The van der Waals surface area contributed by atoms with Crippen LogP contribution in [0, 0.1) is 0 Å². The summed E-state index contributed by atoms with van der Waals surface area (Å²) in [5.74, 6) is 0.210. The van der Waals surface area contributed by atoms with Crippen LogP contribution in [0.4, 0.5) is 0 Å². The Hall–Kier alpha value is -1.57. The van der Waals surface area contributed by atoms with Crippen molar-refractivity contribution in [2.75, 3.05) is 0 Å². The van der Waals surface area contributed by atoms with Gasteiger partial charge in [0.05, 0.1) is 5.52 Å². The Morgan fingerprint density at radius 3 is 2.76 bits per heavy atom. The summed E-state index contributed by atoms with van der Waals surface area (Å²) in [7, 11) is 0. The molecule has 1 heterocycles. The van der Waals surface area contributed by atoms with Crippen LogP contribution in [0.15, 0.2) is 36.5 Å². The summed E-state index contributed by atoms with van der Waals surface area (Å²) in [4.78, 5) is 12.0. The lowest BCUT2D eigenvalue weighted by atomic mass is 10.1. The highest BCUT2D eigenvalue weighted by Crippen LogP contribution is 2.16. The van der Waals surface area contributed by atoms with Crippen LogP contribution < -0.4 is 0 Å². The van der Waals surface area contributed by atoms with E-state index in [1.54, 1.807) is 4.57 Å². The number of hydrogen-bond acceptors (Lipinski definition) is 1. The molecule has 17 heavy (non-hydrogen) atoms. The number of unbranched alkanes of at least 4 members (excludes halogenated alkanes) is 3. The minimum absolute atomic E-state index is 0.210. The molecule has 0 spiro atoms. The average Bonchev–Trinajstić information content (AvgIpc) is 2.78. The lowest BCUT2D eigenvalue weighted by Gasteiger charge is -2.03. The zero-order valence-electron chi connectivity index (χ0n) is 10.4. The van der Waals surface area contributed by atoms with Crippen molar-refractivity contribution >= 4 is 16.8 Å².